The third kappa shape index (κ3) is 3.21. The molecule has 2 fully saturated rings. The Morgan fingerprint density at radius 1 is 1.15 bits per heavy atom. The fraction of sp³-hybridized carbons (Fsp3) is 0.300. The molecule has 27 heavy (non-hydrogen) atoms. The number of imidazole rings is 1. The fourth-order valence-corrected chi connectivity index (χ4v) is 4.02. The molecule has 5 rings (SSSR count). The van der Waals surface area contributed by atoms with Gasteiger partial charge in [-0.2, -0.15) is 0 Å². The third-order valence-electron chi connectivity index (χ3n) is 5.31. The second kappa shape index (κ2) is 6.59. The first-order chi connectivity index (χ1) is 13.2. The number of phenols is 1. The highest BCUT2D eigenvalue weighted by molar-refractivity contribution is 5.66. The van der Waals surface area contributed by atoms with E-state index in [1.165, 1.54) is 18.4 Å². The molecular formula is C20H20N6O. The summed E-state index contributed by atoms with van der Waals surface area (Å²) in [5, 5.41) is 22.5. The minimum Gasteiger partial charge on any atom is -0.507 e. The summed E-state index contributed by atoms with van der Waals surface area (Å²) >= 11 is 0. The number of aromatic nitrogens is 5. The van der Waals surface area contributed by atoms with Gasteiger partial charge in [0, 0.05) is 30.5 Å². The number of nitrogens with one attached hydrogen (secondary N) is 1. The van der Waals surface area contributed by atoms with E-state index in [0.29, 0.717) is 23.5 Å². The van der Waals surface area contributed by atoms with E-state index in [1.807, 2.05) is 16.8 Å². The number of piperidine rings is 1. The molecule has 0 saturated carbocycles. The van der Waals surface area contributed by atoms with Crippen LogP contribution in [0.2, 0.25) is 0 Å². The predicted molar refractivity (Wildman–Crippen MR) is 101 cm³/mol. The number of hydrogen-bond donors (Lipinski definition) is 2. The molecule has 2 aliphatic heterocycles. The molecule has 2 atom stereocenters. The quantitative estimate of drug-likeness (QED) is 0.747. The average molecular weight is 360 g/mol. The largest absolute Gasteiger partial charge is 0.507 e. The number of rotatable bonds is 3. The van der Waals surface area contributed by atoms with Crippen LogP contribution in [-0.2, 0) is 0 Å². The fourth-order valence-electron chi connectivity index (χ4n) is 4.02. The zero-order valence-electron chi connectivity index (χ0n) is 14.8. The molecular weight excluding hydrogens is 340 g/mol. The minimum absolute atomic E-state index is 0.115. The first-order valence-electron chi connectivity index (χ1n) is 9.21. The summed E-state index contributed by atoms with van der Waals surface area (Å²) in [6.07, 6.45) is 13.7. The van der Waals surface area contributed by atoms with Crippen molar-refractivity contribution in [1.82, 2.24) is 30.0 Å². The van der Waals surface area contributed by atoms with Crippen LogP contribution in [0.25, 0.3) is 23.2 Å². The molecule has 0 amide bonds. The molecule has 136 valence electrons. The van der Waals surface area contributed by atoms with Gasteiger partial charge in [-0.1, -0.05) is 5.57 Å². The van der Waals surface area contributed by atoms with Crippen LogP contribution in [0, 0.1) is 0 Å². The molecule has 2 aliphatic rings. The van der Waals surface area contributed by atoms with Crippen LogP contribution in [-0.4, -0.2) is 41.9 Å². The van der Waals surface area contributed by atoms with Crippen molar-refractivity contribution in [3.8, 4) is 22.8 Å². The van der Waals surface area contributed by atoms with Gasteiger partial charge in [-0.15, -0.1) is 10.2 Å². The number of hydrogen-bond acceptors (Lipinski definition) is 6. The van der Waals surface area contributed by atoms with Crippen LogP contribution in [0.4, 0.5) is 0 Å². The van der Waals surface area contributed by atoms with E-state index in [0.717, 1.165) is 24.2 Å². The Kier molecular flexibility index (Phi) is 3.94. The summed E-state index contributed by atoms with van der Waals surface area (Å²) in [5.41, 5.74) is 3.57. The number of benzene rings is 1. The Balaban J connectivity index is 1.37. The third-order valence-corrected chi connectivity index (χ3v) is 5.31. The summed E-state index contributed by atoms with van der Waals surface area (Å²) < 4.78 is 1.82. The maximum atomic E-state index is 10.4. The average Bonchev–Trinajstić information content (AvgIpc) is 3.32. The number of phenolic OH excluding ortho intramolecular Hbond substituents is 1. The van der Waals surface area contributed by atoms with Crippen molar-refractivity contribution < 1.29 is 5.11 Å². The molecule has 2 aromatic heterocycles. The van der Waals surface area contributed by atoms with Crippen LogP contribution >= 0.6 is 0 Å². The Morgan fingerprint density at radius 3 is 2.67 bits per heavy atom. The van der Waals surface area contributed by atoms with Crippen molar-refractivity contribution in [2.45, 2.75) is 37.8 Å². The topological polar surface area (TPSA) is 88.8 Å². The zero-order valence-corrected chi connectivity index (χ0v) is 14.8. The lowest BCUT2D eigenvalue weighted by atomic mass is 9.98. The van der Waals surface area contributed by atoms with Gasteiger partial charge in [0.25, 0.3) is 0 Å². The summed E-state index contributed by atoms with van der Waals surface area (Å²) in [6.45, 7) is 0. The molecule has 1 aromatic carbocycles. The van der Waals surface area contributed by atoms with E-state index in [9.17, 15) is 5.11 Å². The smallest absolute Gasteiger partial charge is 0.185 e. The lowest BCUT2D eigenvalue weighted by Gasteiger charge is -2.23. The van der Waals surface area contributed by atoms with Crippen molar-refractivity contribution in [3.05, 3.63) is 54.4 Å². The molecule has 2 bridgehead atoms. The van der Waals surface area contributed by atoms with Gasteiger partial charge in [-0.05, 0) is 43.9 Å². The van der Waals surface area contributed by atoms with E-state index in [2.05, 4.69) is 31.6 Å². The van der Waals surface area contributed by atoms with Crippen molar-refractivity contribution >= 4 is 6.08 Å². The maximum absolute atomic E-state index is 10.4. The summed E-state index contributed by atoms with van der Waals surface area (Å²) in [6, 6.07) is 6.58. The Morgan fingerprint density at radius 2 is 2.00 bits per heavy atom. The van der Waals surface area contributed by atoms with Gasteiger partial charge in [0.2, 0.25) is 0 Å². The van der Waals surface area contributed by atoms with E-state index in [4.69, 9.17) is 0 Å². The van der Waals surface area contributed by atoms with Crippen molar-refractivity contribution in [2.75, 3.05) is 0 Å². The molecule has 2 unspecified atom stereocenters. The summed E-state index contributed by atoms with van der Waals surface area (Å²) in [5.74, 6) is 0.529. The van der Waals surface area contributed by atoms with Crippen LogP contribution in [0.1, 0.15) is 31.4 Å². The summed E-state index contributed by atoms with van der Waals surface area (Å²) in [4.78, 5) is 8.43. The lowest BCUT2D eigenvalue weighted by molar-refractivity contribution is 0.475. The van der Waals surface area contributed by atoms with E-state index in [-0.39, 0.29) is 5.75 Å². The number of fused-ring (bicyclic) bond motifs is 2. The van der Waals surface area contributed by atoms with Gasteiger partial charge in [0.1, 0.15) is 11.4 Å². The van der Waals surface area contributed by atoms with Crippen molar-refractivity contribution in [1.29, 1.82) is 0 Å². The van der Waals surface area contributed by atoms with Crippen LogP contribution in [0.3, 0.4) is 0 Å². The first-order valence-corrected chi connectivity index (χ1v) is 9.21. The number of nitrogens with zero attached hydrogens (tertiary/aromatic N) is 5. The second-order valence-corrected chi connectivity index (χ2v) is 7.23. The highest BCUT2D eigenvalue weighted by atomic mass is 16.3. The second-order valence-electron chi connectivity index (χ2n) is 7.23. The van der Waals surface area contributed by atoms with Gasteiger partial charge in [-0.3, -0.25) is 0 Å². The van der Waals surface area contributed by atoms with Crippen LogP contribution < -0.4 is 5.32 Å². The molecule has 7 nitrogen and oxygen atoms in total. The molecule has 4 heterocycles. The maximum Gasteiger partial charge on any atom is 0.185 e. The molecule has 0 radical (unpaired) electrons. The van der Waals surface area contributed by atoms with E-state index in [1.54, 1.807) is 30.9 Å². The predicted octanol–water partition coefficient (Wildman–Crippen LogP) is 2.73. The van der Waals surface area contributed by atoms with Crippen molar-refractivity contribution in [2.24, 2.45) is 0 Å². The highest BCUT2D eigenvalue weighted by Gasteiger charge is 2.30. The first kappa shape index (κ1) is 16.1. The van der Waals surface area contributed by atoms with Gasteiger partial charge in [0.15, 0.2) is 5.82 Å². The van der Waals surface area contributed by atoms with E-state index < -0.39 is 0 Å². The molecule has 3 aromatic rings. The lowest BCUT2D eigenvalue weighted by Crippen LogP contribution is -2.34. The molecule has 0 aliphatic carbocycles. The van der Waals surface area contributed by atoms with Crippen LogP contribution in [0.15, 0.2) is 48.7 Å². The standard InChI is InChI=1S/C20H20N6O/c27-19-10-17(26-6-5-21-12-26)3-4-18(19)20-22-11-16(24-25-20)9-13-7-14-1-2-15(8-13)23-14/h3-6,9-12,14-15,23,27H,1-2,7-8H2. The SMILES string of the molecule is Oc1cc(-n2ccnc2)ccc1-c1ncc(C=C2CC3CCC(C2)N3)nn1. The highest BCUT2D eigenvalue weighted by Crippen LogP contribution is 2.32. The van der Waals surface area contributed by atoms with Crippen LogP contribution in [0.5, 0.6) is 5.75 Å². The van der Waals surface area contributed by atoms with Gasteiger partial charge in [-0.25, -0.2) is 9.97 Å². The van der Waals surface area contributed by atoms with Gasteiger partial charge >= 0.3 is 0 Å². The minimum atomic E-state index is 0.115. The number of aromatic hydroxyl groups is 1. The Hall–Kier alpha value is -3.06. The molecule has 2 saturated heterocycles. The zero-order chi connectivity index (χ0) is 18.2. The normalized spacial score (nSPS) is 21.4. The Bertz CT molecular complexity index is 966. The van der Waals surface area contributed by atoms with Crippen molar-refractivity contribution in [3.63, 3.8) is 0 Å². The molecule has 2 N–H and O–H groups in total. The Labute approximate surface area is 156 Å². The summed E-state index contributed by atoms with van der Waals surface area (Å²) in [7, 11) is 0. The van der Waals surface area contributed by atoms with Gasteiger partial charge in [0.05, 0.1) is 23.8 Å². The van der Waals surface area contributed by atoms with Gasteiger partial charge < -0.3 is 15.0 Å². The molecule has 0 spiro atoms. The monoisotopic (exact) mass is 360 g/mol. The van der Waals surface area contributed by atoms with E-state index >= 15 is 0 Å². The molecule has 7 heteroatoms.